The molecule has 0 heterocycles. The van der Waals surface area contributed by atoms with Crippen molar-refractivity contribution >= 4 is 10.0 Å². The SMILES string of the molecule is CNS(=O)(=O)CCNCc1cc(F)c(F)cc1F. The van der Waals surface area contributed by atoms with Crippen LogP contribution in [0.4, 0.5) is 13.2 Å². The topological polar surface area (TPSA) is 58.2 Å². The Morgan fingerprint density at radius 1 is 1.11 bits per heavy atom. The maximum Gasteiger partial charge on any atom is 0.212 e. The van der Waals surface area contributed by atoms with Crippen molar-refractivity contribution in [2.45, 2.75) is 6.54 Å². The first-order valence-electron chi connectivity index (χ1n) is 5.11. The maximum absolute atomic E-state index is 13.2. The highest BCUT2D eigenvalue weighted by atomic mass is 32.2. The van der Waals surface area contributed by atoms with Gasteiger partial charge in [0, 0.05) is 24.7 Å². The van der Waals surface area contributed by atoms with Crippen LogP contribution >= 0.6 is 0 Å². The second-order valence-electron chi connectivity index (χ2n) is 3.56. The first kappa shape index (κ1) is 14.9. The van der Waals surface area contributed by atoms with E-state index in [2.05, 4.69) is 10.0 Å². The molecule has 0 aliphatic rings. The number of sulfonamides is 1. The molecule has 1 rings (SSSR count). The van der Waals surface area contributed by atoms with Gasteiger partial charge in [0.15, 0.2) is 11.6 Å². The van der Waals surface area contributed by atoms with E-state index >= 15 is 0 Å². The van der Waals surface area contributed by atoms with Gasteiger partial charge in [0.2, 0.25) is 10.0 Å². The predicted octanol–water partition coefficient (Wildman–Crippen LogP) is 0.743. The monoisotopic (exact) mass is 282 g/mol. The third-order valence-corrected chi connectivity index (χ3v) is 3.63. The van der Waals surface area contributed by atoms with E-state index in [4.69, 9.17) is 0 Å². The summed E-state index contributed by atoms with van der Waals surface area (Å²) in [5.41, 5.74) is -0.0595. The largest absolute Gasteiger partial charge is 0.312 e. The second-order valence-corrected chi connectivity index (χ2v) is 5.60. The van der Waals surface area contributed by atoms with Crippen LogP contribution in [-0.4, -0.2) is 27.8 Å². The van der Waals surface area contributed by atoms with Crippen LogP contribution in [0.5, 0.6) is 0 Å². The van der Waals surface area contributed by atoms with Gasteiger partial charge in [0.1, 0.15) is 5.82 Å². The van der Waals surface area contributed by atoms with E-state index < -0.39 is 27.5 Å². The molecule has 0 aliphatic carbocycles. The molecule has 0 aromatic heterocycles. The fourth-order valence-electron chi connectivity index (χ4n) is 1.23. The summed E-state index contributed by atoms with van der Waals surface area (Å²) in [7, 11) is -2.06. The summed E-state index contributed by atoms with van der Waals surface area (Å²) in [5, 5.41) is 2.63. The van der Waals surface area contributed by atoms with Crippen molar-refractivity contribution in [3.63, 3.8) is 0 Å². The molecule has 0 bridgehead atoms. The molecule has 0 unspecified atom stereocenters. The summed E-state index contributed by atoms with van der Waals surface area (Å²) in [6.07, 6.45) is 0. The standard InChI is InChI=1S/C10H13F3N2O2S/c1-14-18(16,17)3-2-15-6-7-4-9(12)10(13)5-8(7)11/h4-5,14-15H,2-3,6H2,1H3. The van der Waals surface area contributed by atoms with Gasteiger partial charge in [0.25, 0.3) is 0 Å². The van der Waals surface area contributed by atoms with Crippen molar-refractivity contribution in [1.29, 1.82) is 0 Å². The van der Waals surface area contributed by atoms with Gasteiger partial charge in [-0.25, -0.2) is 26.3 Å². The second kappa shape index (κ2) is 6.17. The van der Waals surface area contributed by atoms with Crippen molar-refractivity contribution in [2.24, 2.45) is 0 Å². The highest BCUT2D eigenvalue weighted by molar-refractivity contribution is 7.89. The average molecular weight is 282 g/mol. The van der Waals surface area contributed by atoms with Gasteiger partial charge in [-0.3, -0.25) is 0 Å². The first-order valence-corrected chi connectivity index (χ1v) is 6.76. The molecule has 1 aromatic carbocycles. The number of halogens is 3. The molecular formula is C10H13F3N2O2S. The lowest BCUT2D eigenvalue weighted by Gasteiger charge is -2.07. The minimum atomic E-state index is -3.34. The summed E-state index contributed by atoms with van der Waals surface area (Å²) < 4.78 is 62.8. The molecule has 0 atom stereocenters. The Hall–Kier alpha value is -1.12. The molecule has 0 amide bonds. The zero-order chi connectivity index (χ0) is 13.8. The normalized spacial score (nSPS) is 11.8. The number of rotatable bonds is 6. The van der Waals surface area contributed by atoms with Crippen molar-refractivity contribution < 1.29 is 21.6 Å². The van der Waals surface area contributed by atoms with Gasteiger partial charge in [0.05, 0.1) is 5.75 Å². The highest BCUT2D eigenvalue weighted by Gasteiger charge is 2.10. The predicted molar refractivity (Wildman–Crippen MR) is 60.9 cm³/mol. The minimum Gasteiger partial charge on any atom is -0.312 e. The lowest BCUT2D eigenvalue weighted by Crippen LogP contribution is -2.29. The molecule has 102 valence electrons. The Kier molecular flexibility index (Phi) is 5.12. The zero-order valence-electron chi connectivity index (χ0n) is 9.63. The molecule has 8 heteroatoms. The summed E-state index contributed by atoms with van der Waals surface area (Å²) in [4.78, 5) is 0. The van der Waals surface area contributed by atoms with Gasteiger partial charge in [-0.1, -0.05) is 0 Å². The molecule has 0 aliphatic heterocycles. The molecule has 2 N–H and O–H groups in total. The molecule has 4 nitrogen and oxygen atoms in total. The number of hydrogen-bond acceptors (Lipinski definition) is 3. The molecule has 0 saturated heterocycles. The summed E-state index contributed by atoms with van der Waals surface area (Å²) in [5.74, 6) is -3.46. The summed E-state index contributed by atoms with van der Waals surface area (Å²) >= 11 is 0. The zero-order valence-corrected chi connectivity index (χ0v) is 10.5. The van der Waals surface area contributed by atoms with Crippen LogP contribution in [0.15, 0.2) is 12.1 Å². The van der Waals surface area contributed by atoms with Crippen LogP contribution in [0.25, 0.3) is 0 Å². The van der Waals surface area contributed by atoms with E-state index in [1.54, 1.807) is 0 Å². The minimum absolute atomic E-state index is 0.0595. The Bertz CT molecular complexity index is 520. The van der Waals surface area contributed by atoms with Gasteiger partial charge in [-0.2, -0.15) is 0 Å². The van der Waals surface area contributed by atoms with Gasteiger partial charge < -0.3 is 5.32 Å². The molecular weight excluding hydrogens is 269 g/mol. The lowest BCUT2D eigenvalue weighted by atomic mass is 10.2. The Balaban J connectivity index is 2.52. The van der Waals surface area contributed by atoms with Crippen LogP contribution in [0.1, 0.15) is 5.56 Å². The van der Waals surface area contributed by atoms with Crippen molar-refractivity contribution in [1.82, 2.24) is 10.0 Å². The lowest BCUT2D eigenvalue weighted by molar-refractivity contribution is 0.487. The van der Waals surface area contributed by atoms with E-state index in [9.17, 15) is 21.6 Å². The van der Waals surface area contributed by atoms with Crippen LogP contribution in [-0.2, 0) is 16.6 Å². The maximum atomic E-state index is 13.2. The Morgan fingerprint density at radius 2 is 1.72 bits per heavy atom. The van der Waals surface area contributed by atoms with Crippen molar-refractivity contribution in [3.8, 4) is 0 Å². The van der Waals surface area contributed by atoms with Gasteiger partial charge >= 0.3 is 0 Å². The molecule has 18 heavy (non-hydrogen) atoms. The van der Waals surface area contributed by atoms with E-state index in [0.717, 1.165) is 6.07 Å². The first-order chi connectivity index (χ1) is 8.35. The molecule has 0 spiro atoms. The third kappa shape index (κ3) is 4.28. The number of nitrogens with one attached hydrogen (secondary N) is 2. The molecule has 0 fully saturated rings. The fourth-order valence-corrected chi connectivity index (χ4v) is 1.85. The van der Waals surface area contributed by atoms with Crippen LogP contribution in [0.3, 0.4) is 0 Å². The summed E-state index contributed by atoms with van der Waals surface area (Å²) in [6.45, 7) is -0.0100. The highest BCUT2D eigenvalue weighted by Crippen LogP contribution is 2.13. The average Bonchev–Trinajstić information content (AvgIpc) is 2.31. The van der Waals surface area contributed by atoms with E-state index in [0.29, 0.717) is 6.07 Å². The summed E-state index contributed by atoms with van der Waals surface area (Å²) in [6, 6.07) is 1.20. The smallest absolute Gasteiger partial charge is 0.212 e. The molecule has 1 aromatic rings. The van der Waals surface area contributed by atoms with Gasteiger partial charge in [-0.05, 0) is 13.1 Å². The fraction of sp³-hybridized carbons (Fsp3) is 0.400. The van der Waals surface area contributed by atoms with E-state index in [1.165, 1.54) is 7.05 Å². The Morgan fingerprint density at radius 3 is 2.33 bits per heavy atom. The number of hydrogen-bond donors (Lipinski definition) is 2. The van der Waals surface area contributed by atoms with Crippen LogP contribution in [0.2, 0.25) is 0 Å². The van der Waals surface area contributed by atoms with Crippen LogP contribution in [0, 0.1) is 17.5 Å². The van der Waals surface area contributed by atoms with E-state index in [-0.39, 0.29) is 24.4 Å². The van der Waals surface area contributed by atoms with Crippen LogP contribution < -0.4 is 10.0 Å². The van der Waals surface area contributed by atoms with E-state index in [1.807, 2.05) is 0 Å². The third-order valence-electron chi connectivity index (χ3n) is 2.26. The van der Waals surface area contributed by atoms with Gasteiger partial charge in [-0.15, -0.1) is 0 Å². The Labute approximate surface area is 103 Å². The van der Waals surface area contributed by atoms with Crippen molar-refractivity contribution in [2.75, 3.05) is 19.3 Å². The van der Waals surface area contributed by atoms with Crippen molar-refractivity contribution in [3.05, 3.63) is 35.1 Å². The molecule has 0 saturated carbocycles. The molecule has 0 radical (unpaired) electrons. The number of benzene rings is 1. The quantitative estimate of drug-likeness (QED) is 0.598.